The lowest BCUT2D eigenvalue weighted by molar-refractivity contribution is 0.0941. The van der Waals surface area contributed by atoms with Crippen molar-refractivity contribution < 1.29 is 4.79 Å². The lowest BCUT2D eigenvalue weighted by atomic mass is 10.1. The number of aromatic nitrogens is 1. The second kappa shape index (κ2) is 6.05. The van der Waals surface area contributed by atoms with E-state index in [1.807, 2.05) is 22.9 Å². The van der Waals surface area contributed by atoms with E-state index in [1.54, 1.807) is 0 Å². The standard InChI is InChI=1S/C14H23N3O/c1-11(2)17-10-4-6-13(17)14(18)16-9-7-12-5-3-8-15-12/h4,6,10-12,15H,3,5,7-9H2,1-2H3,(H,16,18). The van der Waals surface area contributed by atoms with Crippen molar-refractivity contribution in [1.29, 1.82) is 0 Å². The smallest absolute Gasteiger partial charge is 0.267 e. The zero-order chi connectivity index (χ0) is 13.0. The molecule has 0 saturated carbocycles. The van der Waals surface area contributed by atoms with Gasteiger partial charge in [-0.3, -0.25) is 4.79 Å². The molecular formula is C14H23N3O. The van der Waals surface area contributed by atoms with E-state index in [1.165, 1.54) is 12.8 Å². The van der Waals surface area contributed by atoms with Crippen LogP contribution in [-0.2, 0) is 0 Å². The minimum absolute atomic E-state index is 0.0340. The summed E-state index contributed by atoms with van der Waals surface area (Å²) in [5.41, 5.74) is 0.754. The molecule has 1 saturated heterocycles. The van der Waals surface area contributed by atoms with Gasteiger partial charge in [-0.25, -0.2) is 0 Å². The van der Waals surface area contributed by atoms with Gasteiger partial charge in [-0.15, -0.1) is 0 Å². The predicted molar refractivity (Wildman–Crippen MR) is 72.8 cm³/mol. The molecule has 1 atom stereocenters. The fraction of sp³-hybridized carbons (Fsp3) is 0.643. The number of hydrogen-bond donors (Lipinski definition) is 2. The first-order chi connectivity index (χ1) is 8.68. The van der Waals surface area contributed by atoms with E-state index < -0.39 is 0 Å². The maximum atomic E-state index is 12.1. The van der Waals surface area contributed by atoms with Crippen LogP contribution < -0.4 is 10.6 Å². The van der Waals surface area contributed by atoms with Crippen molar-refractivity contribution in [1.82, 2.24) is 15.2 Å². The van der Waals surface area contributed by atoms with Crippen LogP contribution in [0.1, 0.15) is 49.6 Å². The van der Waals surface area contributed by atoms with Crippen molar-refractivity contribution in [2.24, 2.45) is 0 Å². The maximum absolute atomic E-state index is 12.1. The van der Waals surface area contributed by atoms with Crippen molar-refractivity contribution in [2.45, 2.75) is 45.2 Å². The predicted octanol–water partition coefficient (Wildman–Crippen LogP) is 1.94. The van der Waals surface area contributed by atoms with Crippen LogP contribution in [0.2, 0.25) is 0 Å². The third-order valence-electron chi connectivity index (χ3n) is 3.51. The first-order valence-electron chi connectivity index (χ1n) is 6.87. The molecule has 100 valence electrons. The van der Waals surface area contributed by atoms with Gasteiger partial charge in [-0.2, -0.15) is 0 Å². The number of rotatable bonds is 5. The highest BCUT2D eigenvalue weighted by molar-refractivity contribution is 5.92. The Balaban J connectivity index is 1.81. The molecule has 1 aromatic rings. The molecule has 1 unspecified atom stereocenters. The summed E-state index contributed by atoms with van der Waals surface area (Å²) in [5.74, 6) is 0.0340. The van der Waals surface area contributed by atoms with Crippen LogP contribution in [-0.4, -0.2) is 29.6 Å². The fourth-order valence-electron chi connectivity index (χ4n) is 2.49. The highest BCUT2D eigenvalue weighted by atomic mass is 16.1. The topological polar surface area (TPSA) is 46.1 Å². The number of amides is 1. The van der Waals surface area contributed by atoms with E-state index in [-0.39, 0.29) is 5.91 Å². The second-order valence-corrected chi connectivity index (χ2v) is 5.23. The third kappa shape index (κ3) is 3.13. The van der Waals surface area contributed by atoms with Crippen LogP contribution >= 0.6 is 0 Å². The van der Waals surface area contributed by atoms with E-state index in [0.717, 1.165) is 25.2 Å². The van der Waals surface area contributed by atoms with Gasteiger partial charge in [-0.05, 0) is 51.8 Å². The van der Waals surface area contributed by atoms with Gasteiger partial charge >= 0.3 is 0 Å². The molecule has 0 aliphatic carbocycles. The number of nitrogens with zero attached hydrogens (tertiary/aromatic N) is 1. The van der Waals surface area contributed by atoms with Gasteiger partial charge in [0.2, 0.25) is 0 Å². The van der Waals surface area contributed by atoms with Gasteiger partial charge in [0.25, 0.3) is 5.91 Å². The molecule has 0 bridgehead atoms. The molecule has 18 heavy (non-hydrogen) atoms. The molecule has 0 spiro atoms. The minimum atomic E-state index is 0.0340. The Labute approximate surface area is 109 Å². The van der Waals surface area contributed by atoms with Crippen LogP contribution in [0.5, 0.6) is 0 Å². The zero-order valence-electron chi connectivity index (χ0n) is 11.3. The molecule has 0 radical (unpaired) electrons. The minimum Gasteiger partial charge on any atom is -0.351 e. The van der Waals surface area contributed by atoms with Gasteiger partial charge in [0, 0.05) is 24.8 Å². The lowest BCUT2D eigenvalue weighted by Gasteiger charge is -2.14. The van der Waals surface area contributed by atoms with Gasteiger partial charge in [0.05, 0.1) is 0 Å². The molecule has 2 N–H and O–H groups in total. The van der Waals surface area contributed by atoms with Gasteiger partial charge in [-0.1, -0.05) is 0 Å². The summed E-state index contributed by atoms with van der Waals surface area (Å²) in [6.45, 7) is 6.03. The Bertz CT molecular complexity index is 391. The van der Waals surface area contributed by atoms with Crippen LogP contribution in [0.25, 0.3) is 0 Å². The quantitative estimate of drug-likeness (QED) is 0.837. The van der Waals surface area contributed by atoms with Crippen molar-refractivity contribution in [3.05, 3.63) is 24.0 Å². The summed E-state index contributed by atoms with van der Waals surface area (Å²) in [6, 6.07) is 4.70. The summed E-state index contributed by atoms with van der Waals surface area (Å²) in [4.78, 5) is 12.1. The summed E-state index contributed by atoms with van der Waals surface area (Å²) in [7, 11) is 0. The van der Waals surface area contributed by atoms with E-state index in [4.69, 9.17) is 0 Å². The first kappa shape index (κ1) is 13.1. The lowest BCUT2D eigenvalue weighted by Crippen LogP contribution is -2.31. The fourth-order valence-corrected chi connectivity index (χ4v) is 2.49. The SMILES string of the molecule is CC(C)n1cccc1C(=O)NCCC1CCCN1. The Morgan fingerprint density at radius 2 is 2.44 bits per heavy atom. The van der Waals surface area contributed by atoms with Crippen molar-refractivity contribution in [3.8, 4) is 0 Å². The first-order valence-corrected chi connectivity index (χ1v) is 6.87. The maximum Gasteiger partial charge on any atom is 0.267 e. The Kier molecular flexibility index (Phi) is 4.42. The van der Waals surface area contributed by atoms with E-state index >= 15 is 0 Å². The van der Waals surface area contributed by atoms with Crippen molar-refractivity contribution in [2.75, 3.05) is 13.1 Å². The normalized spacial score (nSPS) is 19.4. The van der Waals surface area contributed by atoms with Gasteiger partial charge < -0.3 is 15.2 Å². The second-order valence-electron chi connectivity index (χ2n) is 5.23. The largest absolute Gasteiger partial charge is 0.351 e. The molecular weight excluding hydrogens is 226 g/mol. The molecule has 1 fully saturated rings. The van der Waals surface area contributed by atoms with Crippen molar-refractivity contribution >= 4 is 5.91 Å². The average Bonchev–Trinajstić information content (AvgIpc) is 2.99. The van der Waals surface area contributed by atoms with Crippen LogP contribution in [0, 0.1) is 0 Å². The zero-order valence-corrected chi connectivity index (χ0v) is 11.3. The Morgan fingerprint density at radius 1 is 1.61 bits per heavy atom. The summed E-state index contributed by atoms with van der Waals surface area (Å²) in [6.07, 6.45) is 5.47. The summed E-state index contributed by atoms with van der Waals surface area (Å²) >= 11 is 0. The average molecular weight is 249 g/mol. The van der Waals surface area contributed by atoms with E-state index in [0.29, 0.717) is 12.1 Å². The molecule has 4 nitrogen and oxygen atoms in total. The molecule has 0 aromatic carbocycles. The van der Waals surface area contributed by atoms with Crippen molar-refractivity contribution in [3.63, 3.8) is 0 Å². The van der Waals surface area contributed by atoms with E-state index in [2.05, 4.69) is 24.5 Å². The van der Waals surface area contributed by atoms with Crippen LogP contribution in [0.4, 0.5) is 0 Å². The summed E-state index contributed by atoms with van der Waals surface area (Å²) in [5, 5.41) is 6.45. The Hall–Kier alpha value is -1.29. The number of carbonyl (C=O) groups is 1. The van der Waals surface area contributed by atoms with E-state index in [9.17, 15) is 4.79 Å². The summed E-state index contributed by atoms with van der Waals surface area (Å²) < 4.78 is 2.00. The molecule has 1 amide bonds. The Morgan fingerprint density at radius 3 is 3.11 bits per heavy atom. The number of carbonyl (C=O) groups excluding carboxylic acids is 1. The molecule has 4 heteroatoms. The van der Waals surface area contributed by atoms with Crippen LogP contribution in [0.3, 0.4) is 0 Å². The highest BCUT2D eigenvalue weighted by Gasteiger charge is 2.15. The molecule has 2 rings (SSSR count). The molecule has 1 aliphatic heterocycles. The number of nitrogens with one attached hydrogen (secondary N) is 2. The van der Waals surface area contributed by atoms with Gasteiger partial charge in [0.1, 0.15) is 5.69 Å². The number of hydrogen-bond acceptors (Lipinski definition) is 2. The molecule has 1 aromatic heterocycles. The van der Waals surface area contributed by atoms with Gasteiger partial charge in [0.15, 0.2) is 0 Å². The van der Waals surface area contributed by atoms with Crippen LogP contribution in [0.15, 0.2) is 18.3 Å². The highest BCUT2D eigenvalue weighted by Crippen LogP contribution is 2.11. The monoisotopic (exact) mass is 249 g/mol. The molecule has 2 heterocycles. The third-order valence-corrected chi connectivity index (χ3v) is 3.51. The molecule has 1 aliphatic rings.